The van der Waals surface area contributed by atoms with E-state index in [1.54, 1.807) is 46.0 Å². The van der Waals surface area contributed by atoms with Crippen LogP contribution in [0.2, 0.25) is 0 Å². The largest absolute Gasteiger partial charge is 0.493 e. The molecule has 1 aliphatic heterocycles. The number of likely N-dealkylation sites (tertiary alicyclic amines) is 1. The molecular formula is C22H29NO6. The lowest BCUT2D eigenvalue weighted by Crippen LogP contribution is -2.42. The van der Waals surface area contributed by atoms with E-state index in [2.05, 4.69) is 4.90 Å². The Morgan fingerprint density at radius 2 is 1.72 bits per heavy atom. The van der Waals surface area contributed by atoms with Crippen molar-refractivity contribution in [3.63, 3.8) is 0 Å². The van der Waals surface area contributed by atoms with E-state index < -0.39 is 6.10 Å². The lowest BCUT2D eigenvalue weighted by Gasteiger charge is -2.35. The van der Waals surface area contributed by atoms with E-state index >= 15 is 0 Å². The van der Waals surface area contributed by atoms with Crippen LogP contribution >= 0.6 is 0 Å². The fourth-order valence-corrected chi connectivity index (χ4v) is 4.68. The summed E-state index contributed by atoms with van der Waals surface area (Å²) < 4.78 is 27.6. The van der Waals surface area contributed by atoms with Gasteiger partial charge < -0.3 is 28.5 Å². The minimum Gasteiger partial charge on any atom is -0.493 e. The molecule has 0 unspecified atom stereocenters. The number of furan rings is 1. The average molecular weight is 403 g/mol. The van der Waals surface area contributed by atoms with Gasteiger partial charge in [0.1, 0.15) is 11.9 Å². The Kier molecular flexibility index (Phi) is 5.87. The van der Waals surface area contributed by atoms with Gasteiger partial charge in [-0.05, 0) is 30.7 Å². The molecule has 1 aliphatic carbocycles. The second-order valence-electron chi connectivity index (χ2n) is 7.90. The predicted molar refractivity (Wildman–Crippen MR) is 107 cm³/mol. The normalized spacial score (nSPS) is 26.8. The number of benzene rings is 1. The standard InChI is InChI=1S/C22H29NO6/c1-25-20-8-17(9-21(26-2)22(20)27-3)29-19-7-16-12-23(10-14-4-5-28-13-14)11-15(16)6-18(19)24/h4-5,8-9,13,15-16,18-19,24H,6-7,10-12H2,1-3H3/t15-,16+,18+,19+/m0/s1. The van der Waals surface area contributed by atoms with Crippen molar-refractivity contribution in [3.8, 4) is 23.0 Å². The molecule has 29 heavy (non-hydrogen) atoms. The van der Waals surface area contributed by atoms with E-state index in [1.807, 2.05) is 6.07 Å². The molecule has 2 aromatic rings. The highest BCUT2D eigenvalue weighted by Gasteiger charge is 2.42. The summed E-state index contributed by atoms with van der Waals surface area (Å²) in [6.07, 6.45) is 4.33. The van der Waals surface area contributed by atoms with E-state index in [4.69, 9.17) is 23.4 Å². The minimum atomic E-state index is -0.496. The van der Waals surface area contributed by atoms with Gasteiger partial charge in [-0.3, -0.25) is 4.90 Å². The van der Waals surface area contributed by atoms with Crippen LogP contribution in [0, 0.1) is 11.8 Å². The van der Waals surface area contributed by atoms with Crippen LogP contribution in [-0.2, 0) is 6.54 Å². The Bertz CT molecular complexity index is 783. The Labute approximate surface area is 171 Å². The number of aliphatic hydroxyl groups excluding tert-OH is 1. The van der Waals surface area contributed by atoms with Gasteiger partial charge in [-0.15, -0.1) is 0 Å². The van der Waals surface area contributed by atoms with Crippen molar-refractivity contribution in [2.45, 2.75) is 31.6 Å². The highest BCUT2D eigenvalue weighted by atomic mass is 16.5. The zero-order valence-electron chi connectivity index (χ0n) is 17.2. The molecule has 1 N–H and O–H groups in total. The van der Waals surface area contributed by atoms with Crippen molar-refractivity contribution in [1.29, 1.82) is 0 Å². The first-order chi connectivity index (χ1) is 14.1. The third-order valence-electron chi connectivity index (χ3n) is 6.07. The first-order valence-electron chi connectivity index (χ1n) is 9.99. The molecule has 2 fully saturated rings. The smallest absolute Gasteiger partial charge is 0.203 e. The van der Waals surface area contributed by atoms with Crippen LogP contribution in [-0.4, -0.2) is 56.6 Å². The third-order valence-corrected chi connectivity index (χ3v) is 6.07. The zero-order valence-corrected chi connectivity index (χ0v) is 17.2. The Morgan fingerprint density at radius 1 is 1.03 bits per heavy atom. The van der Waals surface area contributed by atoms with Crippen molar-refractivity contribution in [2.24, 2.45) is 11.8 Å². The minimum absolute atomic E-state index is 0.257. The Balaban J connectivity index is 1.44. The molecule has 7 heteroatoms. The van der Waals surface area contributed by atoms with Crippen molar-refractivity contribution < 1.29 is 28.5 Å². The van der Waals surface area contributed by atoms with E-state index in [9.17, 15) is 5.11 Å². The Morgan fingerprint density at radius 3 is 2.31 bits per heavy atom. The van der Waals surface area contributed by atoms with Crippen LogP contribution < -0.4 is 18.9 Å². The van der Waals surface area contributed by atoms with Crippen LogP contribution in [0.4, 0.5) is 0 Å². The molecule has 1 aromatic heterocycles. The molecule has 1 saturated carbocycles. The fraction of sp³-hybridized carbons (Fsp3) is 0.545. The molecule has 158 valence electrons. The molecule has 1 aromatic carbocycles. The average Bonchev–Trinajstić information content (AvgIpc) is 3.36. The molecule has 4 atom stereocenters. The molecule has 4 rings (SSSR count). The van der Waals surface area contributed by atoms with E-state index in [0.29, 0.717) is 34.8 Å². The summed E-state index contributed by atoms with van der Waals surface area (Å²) >= 11 is 0. The van der Waals surface area contributed by atoms with E-state index in [-0.39, 0.29) is 6.10 Å². The number of nitrogens with zero attached hydrogens (tertiary/aromatic N) is 1. The molecule has 7 nitrogen and oxygen atoms in total. The molecular weight excluding hydrogens is 374 g/mol. The summed E-state index contributed by atoms with van der Waals surface area (Å²) in [4.78, 5) is 2.44. The van der Waals surface area contributed by atoms with Crippen molar-refractivity contribution in [1.82, 2.24) is 4.90 Å². The van der Waals surface area contributed by atoms with Crippen LogP contribution in [0.1, 0.15) is 18.4 Å². The number of aliphatic hydroxyl groups is 1. The molecule has 1 saturated heterocycles. The highest BCUT2D eigenvalue weighted by molar-refractivity contribution is 5.55. The SMILES string of the molecule is COc1cc(O[C@@H]2C[C@@H]3CN(Cc4ccoc4)C[C@@H]3C[C@H]2O)cc(OC)c1OC. The van der Waals surface area contributed by atoms with Gasteiger partial charge in [0, 0.05) is 37.3 Å². The zero-order chi connectivity index (χ0) is 20.4. The van der Waals surface area contributed by atoms with Gasteiger partial charge in [-0.2, -0.15) is 0 Å². The van der Waals surface area contributed by atoms with Crippen LogP contribution in [0.3, 0.4) is 0 Å². The molecule has 0 radical (unpaired) electrons. The lowest BCUT2D eigenvalue weighted by molar-refractivity contribution is -0.0233. The van der Waals surface area contributed by atoms with Crippen molar-refractivity contribution in [3.05, 3.63) is 36.3 Å². The van der Waals surface area contributed by atoms with Gasteiger partial charge in [0.2, 0.25) is 5.75 Å². The molecule has 0 spiro atoms. The number of rotatable bonds is 7. The maximum atomic E-state index is 10.7. The number of hydrogen-bond acceptors (Lipinski definition) is 7. The lowest BCUT2D eigenvalue weighted by atomic mass is 9.78. The molecule has 0 amide bonds. The number of methoxy groups -OCH3 is 3. The monoisotopic (exact) mass is 403 g/mol. The first kappa shape index (κ1) is 19.9. The number of fused-ring (bicyclic) bond motifs is 1. The van der Waals surface area contributed by atoms with Gasteiger partial charge >= 0.3 is 0 Å². The van der Waals surface area contributed by atoms with Crippen molar-refractivity contribution >= 4 is 0 Å². The maximum absolute atomic E-state index is 10.7. The second kappa shape index (κ2) is 8.55. The molecule has 0 bridgehead atoms. The maximum Gasteiger partial charge on any atom is 0.203 e. The number of hydrogen-bond donors (Lipinski definition) is 1. The van der Waals surface area contributed by atoms with E-state index in [1.165, 1.54) is 5.56 Å². The van der Waals surface area contributed by atoms with Gasteiger partial charge in [-0.1, -0.05) is 0 Å². The van der Waals surface area contributed by atoms with Gasteiger partial charge in [0.05, 0.1) is 40.0 Å². The second-order valence-corrected chi connectivity index (χ2v) is 7.90. The summed E-state index contributed by atoms with van der Waals surface area (Å²) in [6, 6.07) is 5.56. The molecule has 2 heterocycles. The molecule has 2 aliphatic rings. The van der Waals surface area contributed by atoms with Crippen molar-refractivity contribution in [2.75, 3.05) is 34.4 Å². The predicted octanol–water partition coefficient (Wildman–Crippen LogP) is 2.96. The van der Waals surface area contributed by atoms with Crippen LogP contribution in [0.25, 0.3) is 0 Å². The fourth-order valence-electron chi connectivity index (χ4n) is 4.68. The summed E-state index contributed by atoms with van der Waals surface area (Å²) in [7, 11) is 4.73. The first-order valence-corrected chi connectivity index (χ1v) is 9.99. The highest BCUT2D eigenvalue weighted by Crippen LogP contribution is 2.43. The summed E-state index contributed by atoms with van der Waals surface area (Å²) in [5, 5.41) is 10.7. The summed E-state index contributed by atoms with van der Waals surface area (Å²) in [6.45, 7) is 2.90. The Hall–Kier alpha value is -2.38. The van der Waals surface area contributed by atoms with E-state index in [0.717, 1.165) is 32.5 Å². The van der Waals surface area contributed by atoms with Gasteiger partial charge in [0.25, 0.3) is 0 Å². The van der Waals surface area contributed by atoms with Crippen LogP contribution in [0.15, 0.2) is 35.1 Å². The van der Waals surface area contributed by atoms with Gasteiger partial charge in [-0.25, -0.2) is 0 Å². The third kappa shape index (κ3) is 4.16. The summed E-state index contributed by atoms with van der Waals surface area (Å²) in [5.41, 5.74) is 1.19. The quantitative estimate of drug-likeness (QED) is 0.762. The van der Waals surface area contributed by atoms with Gasteiger partial charge in [0.15, 0.2) is 11.5 Å². The topological polar surface area (TPSA) is 73.5 Å². The number of ether oxygens (including phenoxy) is 4. The van der Waals surface area contributed by atoms with Crippen LogP contribution in [0.5, 0.6) is 23.0 Å². The summed E-state index contributed by atoms with van der Waals surface area (Å²) in [5.74, 6) is 3.22.